The minimum Gasteiger partial charge on any atom is -0.454 e. The van der Waals surface area contributed by atoms with Crippen LogP contribution in [-0.2, 0) is 11.3 Å². The molecule has 1 aliphatic heterocycles. The first-order valence-electron chi connectivity index (χ1n) is 5.62. The Morgan fingerprint density at radius 3 is 3.05 bits per heavy atom. The molecule has 3 rings (SSSR count). The summed E-state index contributed by atoms with van der Waals surface area (Å²) < 4.78 is 17.2. The molecule has 19 heavy (non-hydrogen) atoms. The molecule has 0 atom stereocenters. The van der Waals surface area contributed by atoms with Crippen LogP contribution in [0.15, 0.2) is 18.2 Å². The van der Waals surface area contributed by atoms with Gasteiger partial charge in [0.25, 0.3) is 0 Å². The van der Waals surface area contributed by atoms with Gasteiger partial charge in [0, 0.05) is 13.2 Å². The molecule has 0 saturated heterocycles. The van der Waals surface area contributed by atoms with Crippen LogP contribution in [0.4, 0.5) is 0 Å². The maximum atomic E-state index is 10.9. The molecular weight excluding hydrogens is 250 g/mol. The topological polar surface area (TPSA) is 75.5 Å². The van der Waals surface area contributed by atoms with Gasteiger partial charge in [0.05, 0.1) is 12.3 Å². The normalized spacial score (nSPS) is 12.7. The zero-order chi connectivity index (χ0) is 13.2. The summed E-state index contributed by atoms with van der Waals surface area (Å²) >= 11 is 0. The largest absolute Gasteiger partial charge is 0.454 e. The number of carbonyl (C=O) groups is 1. The van der Waals surface area contributed by atoms with Crippen LogP contribution in [-0.4, -0.2) is 35.2 Å². The number of carbonyl (C=O) groups excluding carboxylic acids is 1. The fraction of sp³-hybridized carbons (Fsp3) is 0.250. The van der Waals surface area contributed by atoms with Crippen molar-refractivity contribution in [1.82, 2.24) is 15.0 Å². The van der Waals surface area contributed by atoms with Crippen LogP contribution in [0.5, 0.6) is 11.5 Å². The molecule has 0 saturated carbocycles. The third-order valence-corrected chi connectivity index (χ3v) is 2.79. The van der Waals surface area contributed by atoms with Gasteiger partial charge in [0.15, 0.2) is 23.5 Å². The Hall–Kier alpha value is -2.41. The Morgan fingerprint density at radius 2 is 2.26 bits per heavy atom. The zero-order valence-electron chi connectivity index (χ0n) is 10.2. The minimum absolute atomic E-state index is 0.209. The summed E-state index contributed by atoms with van der Waals surface area (Å²) in [6.07, 6.45) is 0.658. The van der Waals surface area contributed by atoms with E-state index in [2.05, 4.69) is 10.3 Å². The van der Waals surface area contributed by atoms with Gasteiger partial charge in [-0.05, 0) is 12.1 Å². The van der Waals surface area contributed by atoms with E-state index in [1.54, 1.807) is 23.9 Å². The van der Waals surface area contributed by atoms with Gasteiger partial charge in [0.1, 0.15) is 5.69 Å². The highest BCUT2D eigenvalue weighted by atomic mass is 16.7. The zero-order valence-corrected chi connectivity index (χ0v) is 10.2. The summed E-state index contributed by atoms with van der Waals surface area (Å²) in [5.41, 5.74) is 1.59. The van der Waals surface area contributed by atoms with E-state index in [1.807, 2.05) is 6.07 Å². The number of nitrogens with zero attached hydrogens (tertiary/aromatic N) is 3. The first-order valence-corrected chi connectivity index (χ1v) is 5.62. The van der Waals surface area contributed by atoms with Crippen molar-refractivity contribution in [2.75, 3.05) is 13.9 Å². The Morgan fingerprint density at radius 1 is 1.42 bits per heavy atom. The van der Waals surface area contributed by atoms with Crippen LogP contribution >= 0.6 is 0 Å². The lowest BCUT2D eigenvalue weighted by Gasteiger charge is -2.06. The summed E-state index contributed by atoms with van der Waals surface area (Å²) in [6, 6.07) is 5.39. The highest BCUT2D eigenvalue weighted by Crippen LogP contribution is 2.33. The summed E-state index contributed by atoms with van der Waals surface area (Å²) in [5, 5.41) is 7.78. The monoisotopic (exact) mass is 261 g/mol. The van der Waals surface area contributed by atoms with Crippen molar-refractivity contribution in [3.05, 3.63) is 29.6 Å². The van der Waals surface area contributed by atoms with Gasteiger partial charge in [-0.25, -0.2) is 4.68 Å². The molecule has 2 aromatic rings. The van der Waals surface area contributed by atoms with Crippen LogP contribution in [0, 0.1) is 0 Å². The number of ether oxygens (including phenoxy) is 3. The van der Waals surface area contributed by atoms with Gasteiger partial charge < -0.3 is 14.2 Å². The molecule has 98 valence electrons. The van der Waals surface area contributed by atoms with Crippen molar-refractivity contribution in [1.29, 1.82) is 0 Å². The molecule has 0 aliphatic carbocycles. The molecule has 1 aromatic carbocycles. The van der Waals surface area contributed by atoms with Gasteiger partial charge in [-0.15, -0.1) is 5.10 Å². The molecule has 0 spiro atoms. The number of rotatable bonds is 4. The van der Waals surface area contributed by atoms with Crippen molar-refractivity contribution in [3.63, 3.8) is 0 Å². The second kappa shape index (κ2) is 4.69. The highest BCUT2D eigenvalue weighted by Gasteiger charge is 2.18. The van der Waals surface area contributed by atoms with E-state index in [4.69, 9.17) is 14.2 Å². The van der Waals surface area contributed by atoms with Gasteiger partial charge in [0.2, 0.25) is 6.79 Å². The second-order valence-corrected chi connectivity index (χ2v) is 3.92. The number of aromatic nitrogens is 3. The predicted octanol–water partition coefficient (Wildman–Crippen LogP) is 0.955. The van der Waals surface area contributed by atoms with E-state index in [9.17, 15) is 4.79 Å². The van der Waals surface area contributed by atoms with Gasteiger partial charge in [-0.1, -0.05) is 5.21 Å². The molecule has 0 amide bonds. The molecule has 2 heterocycles. The van der Waals surface area contributed by atoms with E-state index < -0.39 is 0 Å². The number of hydrogen-bond donors (Lipinski definition) is 0. The van der Waals surface area contributed by atoms with E-state index in [-0.39, 0.29) is 19.1 Å². The first-order chi connectivity index (χ1) is 9.33. The van der Waals surface area contributed by atoms with Crippen LogP contribution in [0.2, 0.25) is 0 Å². The highest BCUT2D eigenvalue weighted by molar-refractivity contribution is 5.73. The molecule has 7 nitrogen and oxygen atoms in total. The molecular formula is C12H11N3O4. The first kappa shape index (κ1) is 11.7. The number of methoxy groups -OCH3 is 1. The Balaban J connectivity index is 2.06. The predicted molar refractivity (Wildman–Crippen MR) is 63.6 cm³/mol. The molecule has 0 fully saturated rings. The number of aldehydes is 1. The fourth-order valence-electron chi connectivity index (χ4n) is 1.90. The third-order valence-electron chi connectivity index (χ3n) is 2.79. The Bertz CT molecular complexity index is 623. The smallest absolute Gasteiger partial charge is 0.231 e. The van der Waals surface area contributed by atoms with Crippen molar-refractivity contribution < 1.29 is 19.0 Å². The van der Waals surface area contributed by atoms with Crippen LogP contribution in [0.25, 0.3) is 5.69 Å². The standard InChI is InChI=1S/C12H11N3O4/c1-17-6-10-9(5-16)13-14-15(10)8-2-3-11-12(4-8)19-7-18-11/h2-5H,6-7H2,1H3. The molecule has 1 aromatic heterocycles. The van der Waals surface area contributed by atoms with Crippen molar-refractivity contribution in [2.24, 2.45) is 0 Å². The van der Waals surface area contributed by atoms with Crippen LogP contribution in [0.3, 0.4) is 0 Å². The van der Waals surface area contributed by atoms with Gasteiger partial charge in [-0.2, -0.15) is 0 Å². The summed E-state index contributed by atoms with van der Waals surface area (Å²) in [7, 11) is 1.55. The lowest BCUT2D eigenvalue weighted by molar-refractivity contribution is 0.111. The fourth-order valence-corrected chi connectivity index (χ4v) is 1.90. The summed E-state index contributed by atoms with van der Waals surface area (Å²) in [6.45, 7) is 0.455. The maximum absolute atomic E-state index is 10.9. The van der Waals surface area contributed by atoms with Gasteiger partial charge in [-0.3, -0.25) is 4.79 Å². The molecule has 0 N–H and O–H groups in total. The van der Waals surface area contributed by atoms with E-state index in [0.717, 1.165) is 5.69 Å². The lowest BCUT2D eigenvalue weighted by atomic mass is 10.2. The van der Waals surface area contributed by atoms with E-state index in [0.29, 0.717) is 23.5 Å². The number of fused-ring (bicyclic) bond motifs is 1. The van der Waals surface area contributed by atoms with Crippen molar-refractivity contribution >= 4 is 6.29 Å². The number of hydrogen-bond acceptors (Lipinski definition) is 6. The second-order valence-electron chi connectivity index (χ2n) is 3.92. The van der Waals surface area contributed by atoms with Crippen molar-refractivity contribution in [2.45, 2.75) is 6.61 Å². The number of benzene rings is 1. The molecule has 1 aliphatic rings. The molecule has 0 radical (unpaired) electrons. The molecule has 0 unspecified atom stereocenters. The third kappa shape index (κ3) is 1.93. The minimum atomic E-state index is 0.209. The van der Waals surface area contributed by atoms with Crippen LogP contribution in [0.1, 0.15) is 16.2 Å². The molecule has 0 bridgehead atoms. The molecule has 7 heteroatoms. The maximum Gasteiger partial charge on any atom is 0.231 e. The van der Waals surface area contributed by atoms with Crippen LogP contribution < -0.4 is 9.47 Å². The Kier molecular flexibility index (Phi) is 2.88. The summed E-state index contributed by atoms with van der Waals surface area (Å²) in [4.78, 5) is 10.9. The quantitative estimate of drug-likeness (QED) is 0.763. The average Bonchev–Trinajstić information content (AvgIpc) is 3.04. The van der Waals surface area contributed by atoms with Crippen molar-refractivity contribution in [3.8, 4) is 17.2 Å². The van der Waals surface area contributed by atoms with E-state index in [1.165, 1.54) is 0 Å². The van der Waals surface area contributed by atoms with Gasteiger partial charge >= 0.3 is 0 Å². The van der Waals surface area contributed by atoms with E-state index >= 15 is 0 Å². The Labute approximate surface area is 108 Å². The summed E-state index contributed by atoms with van der Waals surface area (Å²) in [5.74, 6) is 1.33. The lowest BCUT2D eigenvalue weighted by Crippen LogP contribution is -2.04. The SMILES string of the molecule is COCc1c(C=O)nnn1-c1ccc2c(c1)OCO2. The average molecular weight is 261 g/mol.